The third kappa shape index (κ3) is 34.0. The summed E-state index contributed by atoms with van der Waals surface area (Å²) in [6.45, 7) is 0.514. The molecule has 0 saturated heterocycles. The average Bonchev–Trinajstić information content (AvgIpc) is 3.78. The van der Waals surface area contributed by atoms with E-state index in [0.29, 0.717) is 6.42 Å². The van der Waals surface area contributed by atoms with Crippen molar-refractivity contribution >= 4 is 57.8 Å². The van der Waals surface area contributed by atoms with Gasteiger partial charge in [0, 0.05) is 51.6 Å². The van der Waals surface area contributed by atoms with E-state index in [1.54, 1.807) is 6.29 Å². The zero-order valence-electron chi connectivity index (χ0n) is 37.4. The van der Waals surface area contributed by atoms with Crippen molar-refractivity contribution in [2.75, 3.05) is 45.3 Å². The lowest BCUT2D eigenvalue weighted by atomic mass is 10.0. The van der Waals surface area contributed by atoms with Crippen molar-refractivity contribution in [2.24, 2.45) is 0 Å². The Morgan fingerprint density at radius 2 is 1.08 bits per heavy atom. The molecule has 0 aliphatic rings. The van der Waals surface area contributed by atoms with Gasteiger partial charge in [0.25, 0.3) is 0 Å². The number of nitrogens with zero attached hydrogens (tertiary/aromatic N) is 3. The molecule has 1 aromatic heterocycles. The Labute approximate surface area is 380 Å². The Bertz CT molecular complexity index is 1650. The molecule has 23 nitrogen and oxygen atoms in total. The van der Waals surface area contributed by atoms with Crippen molar-refractivity contribution in [3.05, 3.63) is 5.82 Å². The van der Waals surface area contributed by atoms with Crippen LogP contribution in [0.5, 0.6) is 0 Å². The first-order chi connectivity index (χ1) is 31.2. The molecule has 0 fully saturated rings. The minimum Gasteiger partial charge on any atom is -0.480 e. The molecule has 0 bridgehead atoms. The lowest BCUT2D eigenvalue weighted by Gasteiger charge is -2.17. The Balaban J connectivity index is 2.12. The monoisotopic (exact) mass is 944 g/mol. The number of aryl methyl sites for hydroxylation is 1. The number of aliphatic carboxylic acids is 2. The molecule has 0 aliphatic carbocycles. The number of rotatable bonds is 43. The molecule has 1 radical (unpaired) electrons. The first kappa shape index (κ1) is 57.9. The summed E-state index contributed by atoms with van der Waals surface area (Å²) in [5.41, 5.74) is 0. The van der Waals surface area contributed by atoms with Gasteiger partial charge in [0.1, 0.15) is 24.5 Å². The molecule has 0 saturated carbocycles. The van der Waals surface area contributed by atoms with Crippen LogP contribution in [-0.4, -0.2) is 144 Å². The predicted octanol–water partition coefficient (Wildman–Crippen LogP) is 1.28. The number of hydrogen-bond donors (Lipinski definition) is 8. The summed E-state index contributed by atoms with van der Waals surface area (Å²) in [5.74, 6) is -5.40. The van der Waals surface area contributed by atoms with Gasteiger partial charge in [-0.15, -0.1) is 5.10 Å². The number of carbonyl (C=O) groups excluding carboxylic acids is 6. The highest BCUT2D eigenvalue weighted by molar-refractivity contribution is 7.90. The van der Waals surface area contributed by atoms with Gasteiger partial charge in [-0.25, -0.2) is 23.1 Å². The fourth-order valence-corrected chi connectivity index (χ4v) is 7.43. The van der Waals surface area contributed by atoms with Crippen LogP contribution in [0.25, 0.3) is 0 Å². The number of hydrogen-bond acceptors (Lipinski definition) is 15. The second-order valence-corrected chi connectivity index (χ2v) is 17.3. The Kier molecular flexibility index (Phi) is 33.1. The maximum absolute atomic E-state index is 12.4. The van der Waals surface area contributed by atoms with Gasteiger partial charge in [-0.3, -0.25) is 33.5 Å². The van der Waals surface area contributed by atoms with Crippen molar-refractivity contribution in [3.8, 4) is 0 Å². The number of H-pyrrole nitrogens is 1. The number of aromatic nitrogens is 4. The number of carbonyl (C=O) groups is 7. The molecule has 8 N–H and O–H groups in total. The summed E-state index contributed by atoms with van der Waals surface area (Å²) in [6, 6.07) is -2.89. The molecular formula is C41H70N9O14S. The second-order valence-electron chi connectivity index (χ2n) is 15.5. The van der Waals surface area contributed by atoms with E-state index in [9.17, 15) is 57.0 Å². The van der Waals surface area contributed by atoms with Gasteiger partial charge < -0.3 is 41.0 Å². The van der Waals surface area contributed by atoms with Crippen molar-refractivity contribution in [2.45, 2.75) is 160 Å². The fraction of sp³-hybridized carbons (Fsp3) is 0.780. The highest BCUT2D eigenvalue weighted by Gasteiger charge is 2.24. The van der Waals surface area contributed by atoms with Gasteiger partial charge in [0.2, 0.25) is 45.8 Å². The lowest BCUT2D eigenvalue weighted by Crippen LogP contribution is -2.44. The van der Waals surface area contributed by atoms with Gasteiger partial charge in [0.05, 0.1) is 25.6 Å². The Morgan fingerprint density at radius 3 is 1.65 bits per heavy atom. The lowest BCUT2D eigenvalue weighted by molar-refractivity contribution is -0.143. The molecule has 0 spiro atoms. The summed E-state index contributed by atoms with van der Waals surface area (Å²) in [5, 5.41) is 42.4. The number of unbranched alkanes of at least 4 members (excludes halogenated alkanes) is 12. The van der Waals surface area contributed by atoms with Crippen LogP contribution in [0.1, 0.15) is 147 Å². The standard InChI is InChI=1S/C41H70N9O14S/c51-26-28-64-30-29-63-27-25-43-36(53)22-20-32(40(57)58)45-38(55)23-21-33(41(59)60)44-37(54)18-14-24-42-35(52)19-15-31-65(61,62)48-39(56)17-13-11-9-7-5-3-1-2-4-6-8-10-12-16-34-46-49-50-47-34/h32-33H,1-25,27-31H2,(H,42,52)(H,43,53)(H,44,54)(H,45,55)(H,48,56)(H,57,58)(H,59,60)(H,46,47,49,50). The number of carboxylic acid groups (broad SMARTS) is 2. The first-order valence-corrected chi connectivity index (χ1v) is 24.2. The van der Waals surface area contributed by atoms with E-state index in [-0.39, 0.29) is 90.9 Å². The zero-order valence-corrected chi connectivity index (χ0v) is 38.2. The third-order valence-corrected chi connectivity index (χ3v) is 11.2. The van der Waals surface area contributed by atoms with E-state index >= 15 is 0 Å². The number of carboxylic acids is 2. The molecule has 369 valence electrons. The number of aromatic amines is 1. The molecule has 1 heterocycles. The molecule has 24 heteroatoms. The van der Waals surface area contributed by atoms with Crippen molar-refractivity contribution < 1.29 is 66.5 Å². The third-order valence-electron chi connectivity index (χ3n) is 9.88. The van der Waals surface area contributed by atoms with Crippen molar-refractivity contribution in [1.29, 1.82) is 0 Å². The first-order valence-electron chi connectivity index (χ1n) is 22.6. The minimum absolute atomic E-state index is 0.0355. The zero-order chi connectivity index (χ0) is 48.0. The molecule has 1 aromatic rings. The van der Waals surface area contributed by atoms with Crippen molar-refractivity contribution in [1.82, 2.24) is 46.6 Å². The SMILES string of the molecule is O=[C]COCCOCCNC(=O)CCC(NC(=O)CCC(NC(=O)CCCNC(=O)CCCS(=O)(=O)NC(=O)CCCCCCCCCCCCCCCc1nnn[nH]1)C(=O)O)C(=O)O. The average molecular weight is 945 g/mol. The van der Waals surface area contributed by atoms with Crippen LogP contribution in [0.4, 0.5) is 0 Å². The fourth-order valence-electron chi connectivity index (χ4n) is 6.35. The smallest absolute Gasteiger partial charge is 0.326 e. The van der Waals surface area contributed by atoms with Crippen LogP contribution in [0.3, 0.4) is 0 Å². The molecule has 5 amide bonds. The minimum atomic E-state index is -3.91. The molecule has 0 aliphatic heterocycles. The van der Waals surface area contributed by atoms with Crippen LogP contribution in [0.2, 0.25) is 0 Å². The highest BCUT2D eigenvalue weighted by atomic mass is 32.2. The van der Waals surface area contributed by atoms with E-state index in [0.717, 1.165) is 44.3 Å². The number of tetrazole rings is 1. The normalized spacial score (nSPS) is 12.1. The predicted molar refractivity (Wildman–Crippen MR) is 234 cm³/mol. The van der Waals surface area contributed by atoms with Gasteiger partial charge in [-0.2, -0.15) is 0 Å². The maximum atomic E-state index is 12.4. The van der Waals surface area contributed by atoms with Crippen LogP contribution < -0.4 is 26.0 Å². The number of sulfonamides is 1. The number of ether oxygens (including phenoxy) is 2. The van der Waals surface area contributed by atoms with Crippen molar-refractivity contribution in [3.63, 3.8) is 0 Å². The van der Waals surface area contributed by atoms with E-state index in [1.807, 2.05) is 0 Å². The molecule has 2 atom stereocenters. The Hall–Kier alpha value is -5.10. The number of nitrogens with one attached hydrogen (secondary N) is 6. The summed E-state index contributed by atoms with van der Waals surface area (Å²) in [6.07, 6.45) is 15.3. The molecular weight excluding hydrogens is 875 g/mol. The van der Waals surface area contributed by atoms with Crippen LogP contribution in [0, 0.1) is 0 Å². The van der Waals surface area contributed by atoms with Gasteiger partial charge in [-0.05, 0) is 49.0 Å². The second kappa shape index (κ2) is 37.2. The summed E-state index contributed by atoms with van der Waals surface area (Å²) in [4.78, 5) is 94.6. The molecule has 2 unspecified atom stereocenters. The van der Waals surface area contributed by atoms with E-state index in [1.165, 1.54) is 44.9 Å². The summed E-state index contributed by atoms with van der Waals surface area (Å²) in [7, 11) is -3.91. The van der Waals surface area contributed by atoms with E-state index in [4.69, 9.17) is 9.47 Å². The highest BCUT2D eigenvalue weighted by Crippen LogP contribution is 2.14. The van der Waals surface area contributed by atoms with Gasteiger partial charge in [-0.1, -0.05) is 70.6 Å². The largest absolute Gasteiger partial charge is 0.480 e. The molecule has 1 rings (SSSR count). The summed E-state index contributed by atoms with van der Waals surface area (Å²) >= 11 is 0. The quantitative estimate of drug-likeness (QED) is 0.0428. The van der Waals surface area contributed by atoms with E-state index in [2.05, 4.69) is 46.6 Å². The maximum Gasteiger partial charge on any atom is 0.326 e. The molecule has 0 aromatic carbocycles. The molecule has 65 heavy (non-hydrogen) atoms. The van der Waals surface area contributed by atoms with E-state index < -0.39 is 75.8 Å². The van der Waals surface area contributed by atoms with Crippen LogP contribution in [-0.2, 0) is 64.3 Å². The number of amides is 5. The van der Waals surface area contributed by atoms with Gasteiger partial charge >= 0.3 is 11.9 Å². The summed E-state index contributed by atoms with van der Waals surface area (Å²) < 4.78 is 36.8. The van der Waals surface area contributed by atoms with Crippen LogP contribution >= 0.6 is 0 Å². The topological polar surface area (TPSA) is 344 Å². The van der Waals surface area contributed by atoms with Gasteiger partial charge in [0.15, 0.2) is 0 Å². The Morgan fingerprint density at radius 1 is 0.585 bits per heavy atom. The van der Waals surface area contributed by atoms with Crippen LogP contribution in [0.15, 0.2) is 0 Å².